The average molecular weight is 415 g/mol. The van der Waals surface area contributed by atoms with Gasteiger partial charge in [0.15, 0.2) is 0 Å². The summed E-state index contributed by atoms with van der Waals surface area (Å²) in [6.45, 7) is 3.26. The molecule has 4 rings (SSSR count). The van der Waals surface area contributed by atoms with Crippen LogP contribution in [0.1, 0.15) is 22.6 Å². The number of methoxy groups -OCH3 is 2. The van der Waals surface area contributed by atoms with Gasteiger partial charge in [-0.3, -0.25) is 4.79 Å². The number of aromatic nitrogens is 2. The summed E-state index contributed by atoms with van der Waals surface area (Å²) in [5.41, 5.74) is 2.52. The first kappa shape index (κ1) is 21.6. The maximum absolute atomic E-state index is 11.9. The number of pyridine rings is 1. The Morgan fingerprint density at radius 1 is 1.20 bits per heavy atom. The highest BCUT2D eigenvalue weighted by Crippen LogP contribution is 2.41. The van der Waals surface area contributed by atoms with Crippen molar-refractivity contribution in [2.24, 2.45) is 5.92 Å². The molecule has 2 heterocycles. The van der Waals surface area contributed by atoms with Crippen molar-refractivity contribution >= 4 is 22.8 Å². The lowest BCUT2D eigenvalue weighted by atomic mass is 10.0. The molecule has 0 bridgehead atoms. The Morgan fingerprint density at radius 3 is 2.37 bits per heavy atom. The number of nitrogens with zero attached hydrogens (tertiary/aromatic N) is 2. The number of benzene rings is 1. The van der Waals surface area contributed by atoms with Crippen LogP contribution in [-0.4, -0.2) is 55.6 Å². The fourth-order valence-electron chi connectivity index (χ4n) is 2.97. The van der Waals surface area contributed by atoms with Crippen molar-refractivity contribution in [1.29, 1.82) is 0 Å². The van der Waals surface area contributed by atoms with Crippen LogP contribution in [0, 0.1) is 5.92 Å². The highest BCUT2D eigenvalue weighted by molar-refractivity contribution is 5.99. The van der Waals surface area contributed by atoms with Gasteiger partial charge in [0.2, 0.25) is 5.91 Å². The van der Waals surface area contributed by atoms with Gasteiger partial charge in [-0.05, 0) is 57.7 Å². The van der Waals surface area contributed by atoms with E-state index in [1.54, 1.807) is 14.2 Å². The van der Waals surface area contributed by atoms with Crippen LogP contribution in [0.25, 0.3) is 22.2 Å². The van der Waals surface area contributed by atoms with E-state index in [4.69, 9.17) is 9.47 Å². The summed E-state index contributed by atoms with van der Waals surface area (Å²) in [7, 11) is 7.38. The van der Waals surface area contributed by atoms with Crippen molar-refractivity contribution < 1.29 is 17.1 Å². The van der Waals surface area contributed by atoms with Gasteiger partial charge < -0.3 is 24.7 Å². The number of H-pyrrole nitrogens is 1. The molecule has 0 saturated heterocycles. The Bertz CT molecular complexity index is 997. The smallest absolute Gasteiger partial charge is 0.228 e. The monoisotopic (exact) mass is 414 g/mol. The molecule has 30 heavy (non-hydrogen) atoms. The number of fused-ring (bicyclic) bond motifs is 1. The first-order valence-corrected chi connectivity index (χ1v) is 10.1. The predicted molar refractivity (Wildman–Crippen MR) is 124 cm³/mol. The lowest BCUT2D eigenvalue weighted by molar-refractivity contribution is -0.117. The number of carbonyl (C=O) groups excluding carboxylic acids is 1. The predicted octanol–water partition coefficient (Wildman–Crippen LogP) is 4.66. The molecule has 1 aliphatic rings. The fourth-order valence-corrected chi connectivity index (χ4v) is 2.97. The van der Waals surface area contributed by atoms with E-state index in [9.17, 15) is 4.79 Å². The number of nitrogens with one attached hydrogen (secondary N) is 2. The standard InChI is InChI=1S/C19H19N3O3.C4H11N.2H2/c1-24-14-4-3-5-15(25-2)17(14)13-10-20-18-12(13)8-9-16(21-18)22-19(23)11-6-7-11;1-4-5(2)3;;/h3-5,8-11H,6-7H2,1-2H3,(H2,20,21,22,23);4H2,1-3H3;2*1H. The van der Waals surface area contributed by atoms with E-state index in [0.717, 1.165) is 47.4 Å². The minimum atomic E-state index is 0. The Hall–Kier alpha value is -3.06. The normalized spacial score (nSPS) is 13.0. The topological polar surface area (TPSA) is 79.5 Å². The van der Waals surface area contributed by atoms with E-state index >= 15 is 0 Å². The summed E-state index contributed by atoms with van der Waals surface area (Å²) < 4.78 is 11.0. The lowest BCUT2D eigenvalue weighted by Crippen LogP contribution is -2.14. The summed E-state index contributed by atoms with van der Waals surface area (Å²) in [5, 5.41) is 3.81. The van der Waals surface area contributed by atoms with Gasteiger partial charge in [-0.1, -0.05) is 13.0 Å². The molecule has 0 atom stereocenters. The molecule has 0 spiro atoms. The van der Waals surface area contributed by atoms with Gasteiger partial charge in [0, 0.05) is 25.9 Å². The summed E-state index contributed by atoms with van der Waals surface area (Å²) in [6, 6.07) is 9.45. The average Bonchev–Trinajstić information content (AvgIpc) is 3.54. The number of rotatable bonds is 6. The van der Waals surface area contributed by atoms with Crippen LogP contribution >= 0.6 is 0 Å². The first-order chi connectivity index (χ1) is 14.5. The third kappa shape index (κ3) is 4.91. The van der Waals surface area contributed by atoms with Crippen LogP contribution in [0.2, 0.25) is 0 Å². The number of hydrogen-bond donors (Lipinski definition) is 2. The quantitative estimate of drug-likeness (QED) is 0.613. The molecular formula is C23H34N4O3. The largest absolute Gasteiger partial charge is 0.496 e. The molecule has 2 N–H and O–H groups in total. The van der Waals surface area contributed by atoms with E-state index in [2.05, 4.69) is 41.2 Å². The molecular weight excluding hydrogens is 380 g/mol. The summed E-state index contributed by atoms with van der Waals surface area (Å²) in [4.78, 5) is 21.7. The van der Waals surface area contributed by atoms with Crippen LogP contribution in [0.3, 0.4) is 0 Å². The fraction of sp³-hybridized carbons (Fsp3) is 0.391. The second-order valence-corrected chi connectivity index (χ2v) is 7.49. The van der Waals surface area contributed by atoms with Crippen molar-refractivity contribution in [3.05, 3.63) is 36.5 Å². The zero-order valence-corrected chi connectivity index (χ0v) is 18.3. The number of carbonyl (C=O) groups is 1. The van der Waals surface area contributed by atoms with Crippen molar-refractivity contribution in [1.82, 2.24) is 14.9 Å². The Labute approximate surface area is 180 Å². The Morgan fingerprint density at radius 2 is 1.83 bits per heavy atom. The van der Waals surface area contributed by atoms with Gasteiger partial charge in [0.05, 0.1) is 19.8 Å². The van der Waals surface area contributed by atoms with Crippen LogP contribution < -0.4 is 14.8 Å². The summed E-state index contributed by atoms with van der Waals surface area (Å²) >= 11 is 0. The minimum absolute atomic E-state index is 0. The number of hydrogen-bond acceptors (Lipinski definition) is 5. The summed E-state index contributed by atoms with van der Waals surface area (Å²) in [5.74, 6) is 2.21. The number of aromatic amines is 1. The minimum Gasteiger partial charge on any atom is -0.496 e. The second kappa shape index (κ2) is 9.63. The molecule has 0 unspecified atom stereocenters. The summed E-state index contributed by atoms with van der Waals surface area (Å²) in [6.07, 6.45) is 3.81. The van der Waals surface area contributed by atoms with Crippen molar-refractivity contribution in [2.45, 2.75) is 19.8 Å². The maximum atomic E-state index is 11.9. The molecule has 0 radical (unpaired) electrons. The number of anilines is 1. The molecule has 7 nitrogen and oxygen atoms in total. The molecule has 2 aromatic heterocycles. The Kier molecular flexibility index (Phi) is 6.95. The van der Waals surface area contributed by atoms with Crippen molar-refractivity contribution in [2.75, 3.05) is 40.2 Å². The van der Waals surface area contributed by atoms with Gasteiger partial charge in [-0.25, -0.2) is 4.98 Å². The van der Waals surface area contributed by atoms with Gasteiger partial charge in [-0.2, -0.15) is 0 Å². The van der Waals surface area contributed by atoms with E-state index in [-0.39, 0.29) is 14.7 Å². The van der Waals surface area contributed by atoms with E-state index in [0.29, 0.717) is 11.5 Å². The molecule has 7 heteroatoms. The molecule has 164 valence electrons. The highest BCUT2D eigenvalue weighted by Gasteiger charge is 2.29. The van der Waals surface area contributed by atoms with Crippen molar-refractivity contribution in [3.8, 4) is 22.6 Å². The zero-order valence-electron chi connectivity index (χ0n) is 18.3. The second-order valence-electron chi connectivity index (χ2n) is 7.49. The van der Waals surface area contributed by atoms with E-state index in [1.165, 1.54) is 0 Å². The third-order valence-electron chi connectivity index (χ3n) is 5.07. The Balaban J connectivity index is 0.000000664. The van der Waals surface area contributed by atoms with Crippen molar-refractivity contribution in [3.63, 3.8) is 0 Å². The van der Waals surface area contributed by atoms with E-state index in [1.807, 2.05) is 36.5 Å². The lowest BCUT2D eigenvalue weighted by Gasteiger charge is -2.12. The molecule has 1 amide bonds. The zero-order chi connectivity index (χ0) is 21.7. The molecule has 1 saturated carbocycles. The number of amides is 1. The van der Waals surface area contributed by atoms with Crippen LogP contribution in [-0.2, 0) is 4.79 Å². The molecule has 0 aliphatic heterocycles. The third-order valence-corrected chi connectivity index (χ3v) is 5.07. The van der Waals surface area contributed by atoms with Gasteiger partial charge in [-0.15, -0.1) is 0 Å². The maximum Gasteiger partial charge on any atom is 0.228 e. The van der Waals surface area contributed by atoms with Gasteiger partial charge in [0.1, 0.15) is 23.0 Å². The van der Waals surface area contributed by atoms with Crippen LogP contribution in [0.15, 0.2) is 36.5 Å². The van der Waals surface area contributed by atoms with E-state index < -0.39 is 0 Å². The molecule has 1 aromatic carbocycles. The SMILES string of the molecule is CCN(C)C.COc1cccc(OC)c1-c1c[nH]c2nc(NC(=O)C3CC3)ccc12.[HH].[HH]. The molecule has 1 aliphatic carbocycles. The highest BCUT2D eigenvalue weighted by atomic mass is 16.5. The van der Waals surface area contributed by atoms with Gasteiger partial charge in [0.25, 0.3) is 0 Å². The van der Waals surface area contributed by atoms with Crippen LogP contribution in [0.5, 0.6) is 11.5 Å². The first-order valence-electron chi connectivity index (χ1n) is 10.1. The molecule has 1 fully saturated rings. The number of ether oxygens (including phenoxy) is 2. The van der Waals surface area contributed by atoms with Crippen LogP contribution in [0.4, 0.5) is 5.82 Å². The molecule has 3 aromatic rings. The van der Waals surface area contributed by atoms with Gasteiger partial charge >= 0.3 is 0 Å².